The van der Waals surface area contributed by atoms with E-state index in [9.17, 15) is 17.6 Å². The van der Waals surface area contributed by atoms with Crippen molar-refractivity contribution in [2.45, 2.75) is 54.8 Å². The molecule has 6 rings (SSSR count). The zero-order valence-corrected chi connectivity index (χ0v) is 32.6. The number of oxime groups is 4. The first-order valence-electron chi connectivity index (χ1n) is 16.9. The molecular weight excluding hydrogens is 858 g/mol. The highest BCUT2D eigenvalue weighted by atomic mass is 35.5. The molecule has 0 amide bonds. The molecular formula is C42H54ClF4N7O9. The van der Waals surface area contributed by atoms with Crippen molar-refractivity contribution < 1.29 is 61.7 Å². The topological polar surface area (TPSA) is 214 Å². The normalized spacial score (nSPS) is 14.3. The Bertz CT molecular complexity index is 2190. The number of benzene rings is 4. The molecule has 4 aromatic rings. The Balaban J connectivity index is 0. The Labute approximate surface area is 369 Å². The summed E-state index contributed by atoms with van der Waals surface area (Å²) in [6, 6.07) is 17.5. The molecule has 0 spiro atoms. The second kappa shape index (κ2) is 30.3. The number of hydrogen-bond acceptors (Lipinski definition) is 14. The van der Waals surface area contributed by atoms with E-state index in [0.717, 1.165) is 12.3 Å². The Morgan fingerprint density at radius 2 is 1.14 bits per heavy atom. The minimum atomic E-state index is -0.554. The number of nitrogens with zero attached hydrogens (tertiary/aromatic N) is 7. The van der Waals surface area contributed by atoms with Crippen LogP contribution in [0.5, 0.6) is 23.0 Å². The van der Waals surface area contributed by atoms with Crippen LogP contribution in [0.2, 0.25) is 0 Å². The molecule has 0 aromatic heterocycles. The fourth-order valence-electron chi connectivity index (χ4n) is 4.89. The summed E-state index contributed by atoms with van der Waals surface area (Å²) in [5.41, 5.74) is 11.5. The Morgan fingerprint density at radius 3 is 1.52 bits per heavy atom. The van der Waals surface area contributed by atoms with E-state index >= 15 is 0 Å². The zero-order chi connectivity index (χ0) is 43.3. The van der Waals surface area contributed by atoms with Crippen LogP contribution in [-0.2, 0) is 9.68 Å². The van der Waals surface area contributed by atoms with Crippen LogP contribution in [0.3, 0.4) is 0 Å². The van der Waals surface area contributed by atoms with Gasteiger partial charge in [0.2, 0.25) is 0 Å². The molecule has 346 valence electrons. The molecule has 0 saturated carbocycles. The first-order chi connectivity index (χ1) is 28.4. The van der Waals surface area contributed by atoms with Gasteiger partial charge in [0.05, 0.1) is 59.2 Å². The smallest absolute Gasteiger partial charge is 0.175 e. The van der Waals surface area contributed by atoms with Gasteiger partial charge in [-0.2, -0.15) is 0 Å². The van der Waals surface area contributed by atoms with E-state index in [-0.39, 0.29) is 83.2 Å². The zero-order valence-electron chi connectivity index (χ0n) is 31.8. The summed E-state index contributed by atoms with van der Waals surface area (Å²) in [6.07, 6.45) is 1.52. The van der Waals surface area contributed by atoms with E-state index in [1.54, 1.807) is 24.3 Å². The van der Waals surface area contributed by atoms with E-state index in [1.807, 2.05) is 0 Å². The third-order valence-electron chi connectivity index (χ3n) is 7.85. The molecule has 2 aliphatic rings. The summed E-state index contributed by atoms with van der Waals surface area (Å²) in [5, 5.41) is 41.8. The molecule has 2 heterocycles. The molecule has 0 fully saturated rings. The van der Waals surface area contributed by atoms with E-state index in [0.29, 0.717) is 46.5 Å². The summed E-state index contributed by atoms with van der Waals surface area (Å²) in [4.78, 5) is 12.7. The minimum absolute atomic E-state index is 0. The van der Waals surface area contributed by atoms with Gasteiger partial charge in [0.1, 0.15) is 6.10 Å². The number of azide groups is 1. The van der Waals surface area contributed by atoms with Crippen molar-refractivity contribution in [3.05, 3.63) is 129 Å². The Hall–Kier alpha value is -6.76. The third-order valence-corrected chi connectivity index (χ3v) is 8.14. The predicted molar refractivity (Wildman–Crippen MR) is 235 cm³/mol. The summed E-state index contributed by atoms with van der Waals surface area (Å²) >= 11 is 5.45. The average molecular weight is 912 g/mol. The lowest BCUT2D eigenvalue weighted by molar-refractivity contribution is 0.0390. The number of aliphatic hydroxyl groups excluding tert-OH is 1. The van der Waals surface area contributed by atoms with Crippen molar-refractivity contribution in [1.82, 2.24) is 0 Å². The number of rotatable bonds is 11. The molecule has 0 bridgehead atoms. The van der Waals surface area contributed by atoms with Crippen molar-refractivity contribution in [2.75, 3.05) is 41.6 Å². The number of hydrogen-bond donors (Lipinski definition) is 3. The molecule has 16 nitrogen and oxygen atoms in total. The maximum absolute atomic E-state index is 13.5. The summed E-state index contributed by atoms with van der Waals surface area (Å²) < 4.78 is 71.9. The van der Waals surface area contributed by atoms with Gasteiger partial charge in [-0.25, -0.2) is 17.6 Å². The van der Waals surface area contributed by atoms with Gasteiger partial charge in [0.25, 0.3) is 0 Å². The van der Waals surface area contributed by atoms with Gasteiger partial charge in [-0.15, -0.1) is 0 Å². The highest BCUT2D eigenvalue weighted by Gasteiger charge is 2.23. The van der Waals surface area contributed by atoms with Gasteiger partial charge in [0, 0.05) is 34.4 Å². The van der Waals surface area contributed by atoms with E-state index < -0.39 is 23.3 Å². The molecule has 2 atom stereocenters. The van der Waals surface area contributed by atoms with Crippen LogP contribution in [0, 0.1) is 23.3 Å². The van der Waals surface area contributed by atoms with Gasteiger partial charge in [0.15, 0.2) is 57.5 Å². The largest absolute Gasteiger partial charge is 0.494 e. The van der Waals surface area contributed by atoms with Crippen LogP contribution in [0.15, 0.2) is 98.5 Å². The van der Waals surface area contributed by atoms with Crippen molar-refractivity contribution in [1.29, 1.82) is 0 Å². The molecule has 21 heteroatoms. The van der Waals surface area contributed by atoms with Crippen LogP contribution in [0.25, 0.3) is 10.4 Å². The van der Waals surface area contributed by atoms with Crippen LogP contribution in [0.4, 0.5) is 17.6 Å². The fourth-order valence-corrected chi connectivity index (χ4v) is 5.01. The lowest BCUT2D eigenvalue weighted by Gasteiger charge is -2.04. The predicted octanol–water partition coefficient (Wildman–Crippen LogP) is 10.4. The first-order valence-corrected chi connectivity index (χ1v) is 17.3. The molecule has 4 aromatic carbocycles. The molecule has 0 saturated heterocycles. The second-order valence-corrected chi connectivity index (χ2v) is 12.0. The van der Waals surface area contributed by atoms with E-state index in [1.165, 1.54) is 70.9 Å². The lowest BCUT2D eigenvalue weighted by atomic mass is 10.0. The number of methoxy groups -OCH3 is 4. The van der Waals surface area contributed by atoms with E-state index in [4.69, 9.17) is 61.3 Å². The van der Waals surface area contributed by atoms with Gasteiger partial charge < -0.3 is 44.1 Å². The molecule has 2 aliphatic heterocycles. The van der Waals surface area contributed by atoms with Gasteiger partial charge in [-0.1, -0.05) is 67.0 Å². The fraction of sp³-hybridized carbons (Fsp3) is 0.333. The van der Waals surface area contributed by atoms with Gasteiger partial charge in [-0.3, -0.25) is 0 Å². The van der Waals surface area contributed by atoms with Gasteiger partial charge in [-0.05, 0) is 83.9 Å². The second-order valence-electron chi connectivity index (χ2n) is 11.6. The first kappa shape index (κ1) is 58.3. The van der Waals surface area contributed by atoms with Crippen molar-refractivity contribution >= 4 is 34.4 Å². The van der Waals surface area contributed by atoms with Crippen LogP contribution in [0.1, 0.15) is 64.8 Å². The van der Waals surface area contributed by atoms with Crippen LogP contribution >= 0.6 is 11.6 Å². The highest BCUT2D eigenvalue weighted by Crippen LogP contribution is 2.24. The summed E-state index contributed by atoms with van der Waals surface area (Å²) in [7, 11) is 5.57. The van der Waals surface area contributed by atoms with Crippen molar-refractivity contribution in [3.63, 3.8) is 0 Å². The number of halogens is 5. The average Bonchev–Trinajstić information content (AvgIpc) is 3.94. The quantitative estimate of drug-likeness (QED) is 0.0248. The molecule has 0 aliphatic carbocycles. The Kier molecular flexibility index (Phi) is 28.1. The maximum atomic E-state index is 13.5. The monoisotopic (exact) mass is 911 g/mol. The SMILES string of the molecule is C.C.C.C.COc1ccc(/C(Cl)=N\O)cc1F.COc1ccc(/C=N\O)cc1F.COc1ccc(C2=NOC(CN=[N+]=[N-])C2)cc1F.COc1ccc(C2=NOC(CO)C2)cc1F. The highest BCUT2D eigenvalue weighted by molar-refractivity contribution is 6.69. The van der Waals surface area contributed by atoms with Gasteiger partial charge >= 0.3 is 0 Å². The molecule has 3 N–H and O–H groups in total. The number of ether oxygens (including phenoxy) is 4. The van der Waals surface area contributed by atoms with Crippen LogP contribution in [-0.4, -0.2) is 92.1 Å². The van der Waals surface area contributed by atoms with Crippen molar-refractivity contribution in [2.24, 2.45) is 25.7 Å². The number of aliphatic hydroxyl groups is 1. The maximum Gasteiger partial charge on any atom is 0.175 e. The third kappa shape index (κ3) is 17.6. The molecule has 2 unspecified atom stereocenters. The summed E-state index contributed by atoms with van der Waals surface area (Å²) in [5.74, 6) is -1.25. The molecule has 0 radical (unpaired) electrons. The molecule has 63 heavy (non-hydrogen) atoms. The standard InChI is InChI=1S/C11H11FN4O2.C11H12FNO3.C8H7ClFNO2.C8H8FNO2.4CH4/c1-17-11-3-2-7(4-9(11)12)10-5-8(18-15-10)6-14-16-13;1-15-11-3-2-7(4-9(11)12)10-5-8(6-14)16-13-10;1-13-7-3-2-5(4-6(7)10)8(9)11-12;1-12-8-3-2-6(5-10-11)4-7(8)9;;;;/h2-4,8H,5-6H2,1H3;2-4,8,14H,5-6H2,1H3;2-4,12H,1H3;2-5,11H,1H3;4*1H4/b;;11-8+;10-5-;;;;. The van der Waals surface area contributed by atoms with Crippen molar-refractivity contribution in [3.8, 4) is 23.0 Å². The van der Waals surface area contributed by atoms with Crippen LogP contribution < -0.4 is 18.9 Å². The lowest BCUT2D eigenvalue weighted by Crippen LogP contribution is -2.12. The summed E-state index contributed by atoms with van der Waals surface area (Å²) in [6.45, 7) is 0.119. The van der Waals surface area contributed by atoms with E-state index in [2.05, 4.69) is 30.6 Å². The Morgan fingerprint density at radius 1 is 0.714 bits per heavy atom. The minimum Gasteiger partial charge on any atom is -0.494 e.